The van der Waals surface area contributed by atoms with Gasteiger partial charge in [-0.2, -0.15) is 0 Å². The van der Waals surface area contributed by atoms with Gasteiger partial charge in [-0.25, -0.2) is 14.8 Å². The maximum absolute atomic E-state index is 10.5. The fraction of sp³-hybridized carbons (Fsp3) is 0.111. The fourth-order valence-electron chi connectivity index (χ4n) is 1.10. The molecule has 0 unspecified atom stereocenters. The van der Waals surface area contributed by atoms with Crippen molar-refractivity contribution in [3.63, 3.8) is 0 Å². The molecule has 0 amide bonds. The van der Waals surface area contributed by atoms with Crippen LogP contribution in [0.1, 0.15) is 16.4 Å². The predicted octanol–water partition coefficient (Wildman–Crippen LogP) is 1.14. The van der Waals surface area contributed by atoms with Gasteiger partial charge in [-0.05, 0) is 13.0 Å². The third-order valence-electron chi connectivity index (χ3n) is 1.76. The molecular weight excluding hydrogens is 198 g/mol. The van der Waals surface area contributed by atoms with Crippen molar-refractivity contribution < 1.29 is 14.4 Å². The number of carboxylic acid groups (broad SMARTS) is 1. The van der Waals surface area contributed by atoms with Crippen LogP contribution >= 0.6 is 0 Å². The molecule has 2 aromatic rings. The molecule has 0 bridgehead atoms. The normalized spacial score (nSPS) is 10.2. The highest BCUT2D eigenvalue weighted by molar-refractivity contribution is 5.85. The van der Waals surface area contributed by atoms with Gasteiger partial charge in [0.1, 0.15) is 11.5 Å². The van der Waals surface area contributed by atoms with E-state index in [-0.39, 0.29) is 5.76 Å². The molecule has 6 heteroatoms. The molecule has 1 N–H and O–H groups in total. The van der Waals surface area contributed by atoms with Crippen LogP contribution in [0.25, 0.3) is 11.4 Å². The number of carboxylic acids is 1. The zero-order valence-electron chi connectivity index (χ0n) is 7.84. The van der Waals surface area contributed by atoms with Crippen LogP contribution in [0.15, 0.2) is 22.9 Å². The van der Waals surface area contributed by atoms with E-state index in [0.29, 0.717) is 17.2 Å². The lowest BCUT2D eigenvalue weighted by Crippen LogP contribution is -1.92. The van der Waals surface area contributed by atoms with Crippen molar-refractivity contribution in [2.45, 2.75) is 6.92 Å². The second-order valence-corrected chi connectivity index (χ2v) is 2.87. The van der Waals surface area contributed by atoms with Crippen molar-refractivity contribution >= 4 is 5.97 Å². The van der Waals surface area contributed by atoms with Crippen LogP contribution in [0.3, 0.4) is 0 Å². The molecule has 0 fully saturated rings. The van der Waals surface area contributed by atoms with Gasteiger partial charge in [0.05, 0.1) is 5.69 Å². The molecule has 0 aliphatic heterocycles. The van der Waals surface area contributed by atoms with Crippen molar-refractivity contribution in [2.75, 3.05) is 0 Å². The van der Waals surface area contributed by atoms with Crippen LogP contribution in [0.4, 0.5) is 0 Å². The Morgan fingerprint density at radius 3 is 2.87 bits per heavy atom. The lowest BCUT2D eigenvalue weighted by molar-refractivity contribution is 0.0652. The minimum Gasteiger partial charge on any atom is -0.475 e. The van der Waals surface area contributed by atoms with Crippen molar-refractivity contribution in [2.24, 2.45) is 0 Å². The number of aromatic nitrogens is 3. The first kappa shape index (κ1) is 9.32. The highest BCUT2D eigenvalue weighted by Crippen LogP contribution is 2.16. The molecule has 0 radical (unpaired) electrons. The molecule has 6 nitrogen and oxygen atoms in total. The molecule has 76 valence electrons. The Hall–Kier alpha value is -2.24. The van der Waals surface area contributed by atoms with Crippen LogP contribution in [-0.2, 0) is 0 Å². The Balaban J connectivity index is 2.41. The van der Waals surface area contributed by atoms with E-state index in [0.717, 1.165) is 0 Å². The molecule has 0 aliphatic rings. The minimum atomic E-state index is -1.15. The molecule has 2 rings (SSSR count). The summed E-state index contributed by atoms with van der Waals surface area (Å²) in [6.07, 6.45) is 1.58. The van der Waals surface area contributed by atoms with E-state index < -0.39 is 5.97 Å². The van der Waals surface area contributed by atoms with Gasteiger partial charge in [-0.1, -0.05) is 5.16 Å². The van der Waals surface area contributed by atoms with Gasteiger partial charge in [0, 0.05) is 12.3 Å². The summed E-state index contributed by atoms with van der Waals surface area (Å²) >= 11 is 0. The molecule has 2 aromatic heterocycles. The van der Waals surface area contributed by atoms with Gasteiger partial charge < -0.3 is 9.63 Å². The molecule has 2 heterocycles. The average Bonchev–Trinajstić information content (AvgIpc) is 2.66. The molecular formula is C9H7N3O3. The van der Waals surface area contributed by atoms with Crippen LogP contribution in [0.2, 0.25) is 0 Å². The van der Waals surface area contributed by atoms with E-state index in [2.05, 4.69) is 19.6 Å². The summed E-state index contributed by atoms with van der Waals surface area (Å²) in [5.74, 6) is -0.770. The van der Waals surface area contributed by atoms with Crippen LogP contribution in [0.5, 0.6) is 0 Å². The van der Waals surface area contributed by atoms with Crippen molar-refractivity contribution in [3.8, 4) is 11.4 Å². The highest BCUT2D eigenvalue weighted by atomic mass is 16.5. The van der Waals surface area contributed by atoms with Gasteiger partial charge in [-0.3, -0.25) is 0 Å². The Morgan fingerprint density at radius 1 is 1.47 bits per heavy atom. The summed E-state index contributed by atoms with van der Waals surface area (Å²) in [4.78, 5) is 18.6. The maximum Gasteiger partial charge on any atom is 0.374 e. The largest absolute Gasteiger partial charge is 0.475 e. The number of hydrogen-bond acceptors (Lipinski definition) is 5. The highest BCUT2D eigenvalue weighted by Gasteiger charge is 2.12. The van der Waals surface area contributed by atoms with Crippen LogP contribution < -0.4 is 0 Å². The van der Waals surface area contributed by atoms with Gasteiger partial charge >= 0.3 is 5.97 Å². The maximum atomic E-state index is 10.5. The molecule has 0 aromatic carbocycles. The first-order chi connectivity index (χ1) is 7.16. The van der Waals surface area contributed by atoms with Crippen molar-refractivity contribution in [1.82, 2.24) is 15.1 Å². The number of carbonyl (C=O) groups is 1. The molecule has 0 saturated heterocycles. The second kappa shape index (κ2) is 3.49. The molecule has 0 aliphatic carbocycles. The Labute approximate surface area is 84.6 Å². The van der Waals surface area contributed by atoms with Crippen molar-refractivity contribution in [3.05, 3.63) is 29.9 Å². The summed E-state index contributed by atoms with van der Waals surface area (Å²) in [5, 5.41) is 12.2. The van der Waals surface area contributed by atoms with Gasteiger partial charge in [0.2, 0.25) is 5.76 Å². The number of aromatic carboxylic acids is 1. The number of rotatable bonds is 2. The SMILES string of the molecule is Cc1nccc(-c2cc(C(=O)O)on2)n1. The lowest BCUT2D eigenvalue weighted by atomic mass is 10.3. The summed E-state index contributed by atoms with van der Waals surface area (Å²) < 4.78 is 4.61. The first-order valence-corrected chi connectivity index (χ1v) is 4.17. The third kappa shape index (κ3) is 1.83. The van der Waals surface area contributed by atoms with Crippen molar-refractivity contribution in [1.29, 1.82) is 0 Å². The van der Waals surface area contributed by atoms with Gasteiger partial charge in [-0.15, -0.1) is 0 Å². The summed E-state index contributed by atoms with van der Waals surface area (Å²) in [6.45, 7) is 1.74. The van der Waals surface area contributed by atoms with Crippen LogP contribution in [0, 0.1) is 6.92 Å². The quantitative estimate of drug-likeness (QED) is 0.790. The van der Waals surface area contributed by atoms with Gasteiger partial charge in [0.15, 0.2) is 0 Å². The summed E-state index contributed by atoms with van der Waals surface area (Å²) in [6, 6.07) is 2.96. The Bertz CT molecular complexity index is 507. The average molecular weight is 205 g/mol. The van der Waals surface area contributed by atoms with E-state index >= 15 is 0 Å². The third-order valence-corrected chi connectivity index (χ3v) is 1.76. The molecule has 15 heavy (non-hydrogen) atoms. The van der Waals surface area contributed by atoms with E-state index in [1.165, 1.54) is 6.07 Å². The smallest absolute Gasteiger partial charge is 0.374 e. The monoisotopic (exact) mass is 205 g/mol. The minimum absolute atomic E-state index is 0.207. The van der Waals surface area contributed by atoms with E-state index in [4.69, 9.17) is 5.11 Å². The number of hydrogen-bond donors (Lipinski definition) is 1. The predicted molar refractivity (Wildman–Crippen MR) is 49.2 cm³/mol. The Morgan fingerprint density at radius 2 is 2.27 bits per heavy atom. The second-order valence-electron chi connectivity index (χ2n) is 2.87. The van der Waals surface area contributed by atoms with E-state index in [1.807, 2.05) is 0 Å². The topological polar surface area (TPSA) is 89.1 Å². The molecule has 0 atom stereocenters. The summed E-state index contributed by atoms with van der Waals surface area (Å²) in [5.41, 5.74) is 0.927. The Kier molecular flexibility index (Phi) is 2.17. The first-order valence-electron chi connectivity index (χ1n) is 4.17. The molecule has 0 saturated carbocycles. The number of aryl methyl sites for hydroxylation is 1. The van der Waals surface area contributed by atoms with Gasteiger partial charge in [0.25, 0.3) is 0 Å². The van der Waals surface area contributed by atoms with E-state index in [9.17, 15) is 4.79 Å². The number of nitrogens with zero attached hydrogens (tertiary/aromatic N) is 3. The summed E-state index contributed by atoms with van der Waals surface area (Å²) in [7, 11) is 0. The molecule has 0 spiro atoms. The zero-order chi connectivity index (χ0) is 10.8. The fourth-order valence-corrected chi connectivity index (χ4v) is 1.10. The van der Waals surface area contributed by atoms with Crippen LogP contribution in [-0.4, -0.2) is 26.2 Å². The standard InChI is InChI=1S/C9H7N3O3/c1-5-10-3-2-6(11-5)7-4-8(9(13)14)15-12-7/h2-4H,1H3,(H,13,14). The van der Waals surface area contributed by atoms with E-state index in [1.54, 1.807) is 19.2 Å². The lowest BCUT2D eigenvalue weighted by Gasteiger charge is -1.94. The zero-order valence-corrected chi connectivity index (χ0v) is 7.84.